The van der Waals surface area contributed by atoms with E-state index in [1.54, 1.807) is 23.5 Å². The second-order valence-corrected chi connectivity index (χ2v) is 4.99. The molecule has 0 saturated heterocycles. The largest absolute Gasteiger partial charge is 0.459 e. The van der Waals surface area contributed by atoms with Crippen molar-refractivity contribution in [3.8, 4) is 11.3 Å². The first-order valence-corrected chi connectivity index (χ1v) is 7.15. The fourth-order valence-corrected chi connectivity index (χ4v) is 2.48. The van der Waals surface area contributed by atoms with E-state index in [9.17, 15) is 4.79 Å². The van der Waals surface area contributed by atoms with Crippen molar-refractivity contribution in [2.24, 2.45) is 0 Å². The van der Waals surface area contributed by atoms with E-state index in [1.807, 2.05) is 28.4 Å². The summed E-state index contributed by atoms with van der Waals surface area (Å²) in [5, 5.41) is 11.3. The molecular formula is C14H13N3O2S. The number of carbonyl (C=O) groups excluding carboxylic acids is 1. The zero-order chi connectivity index (χ0) is 13.8. The van der Waals surface area contributed by atoms with Gasteiger partial charge in [-0.05, 0) is 29.6 Å². The predicted molar refractivity (Wildman–Crippen MR) is 76.6 cm³/mol. The molecule has 5 nitrogen and oxygen atoms in total. The van der Waals surface area contributed by atoms with Crippen molar-refractivity contribution in [1.82, 2.24) is 15.1 Å². The van der Waals surface area contributed by atoms with Gasteiger partial charge in [-0.2, -0.15) is 16.4 Å². The van der Waals surface area contributed by atoms with Gasteiger partial charge in [0, 0.05) is 23.7 Å². The maximum absolute atomic E-state index is 11.7. The molecule has 3 aromatic heterocycles. The van der Waals surface area contributed by atoms with Crippen LogP contribution in [0.25, 0.3) is 11.3 Å². The number of nitrogens with one attached hydrogen (secondary N) is 1. The highest BCUT2D eigenvalue weighted by molar-refractivity contribution is 7.08. The standard InChI is InChI=1S/C14H13N3O2S/c18-14(13-2-1-8-19-13)15-5-7-17-6-3-12(16-17)11-4-9-20-10-11/h1-4,6,8-10H,5,7H2,(H,15,18). The Hall–Kier alpha value is -2.34. The van der Waals surface area contributed by atoms with Crippen LogP contribution in [0.15, 0.2) is 51.9 Å². The Balaban J connectivity index is 1.53. The SMILES string of the molecule is O=C(NCCn1ccc(-c2ccsc2)n1)c1ccco1. The molecule has 20 heavy (non-hydrogen) atoms. The summed E-state index contributed by atoms with van der Waals surface area (Å²) in [6.45, 7) is 1.13. The fourth-order valence-electron chi connectivity index (χ4n) is 1.83. The van der Waals surface area contributed by atoms with Gasteiger partial charge in [0.2, 0.25) is 0 Å². The highest BCUT2D eigenvalue weighted by Gasteiger charge is 2.07. The molecule has 3 rings (SSSR count). The normalized spacial score (nSPS) is 10.6. The minimum absolute atomic E-state index is 0.208. The fraction of sp³-hybridized carbons (Fsp3) is 0.143. The zero-order valence-corrected chi connectivity index (χ0v) is 11.5. The zero-order valence-electron chi connectivity index (χ0n) is 10.7. The number of furan rings is 1. The summed E-state index contributed by atoms with van der Waals surface area (Å²) in [7, 11) is 0. The van der Waals surface area contributed by atoms with Crippen LogP contribution in [0.5, 0.6) is 0 Å². The Labute approximate surface area is 119 Å². The Morgan fingerprint density at radius 1 is 1.40 bits per heavy atom. The molecule has 0 aliphatic carbocycles. The van der Waals surface area contributed by atoms with Crippen LogP contribution in [-0.2, 0) is 6.54 Å². The monoisotopic (exact) mass is 287 g/mol. The highest BCUT2D eigenvalue weighted by Crippen LogP contribution is 2.19. The van der Waals surface area contributed by atoms with E-state index in [-0.39, 0.29) is 5.91 Å². The topological polar surface area (TPSA) is 60.1 Å². The molecule has 0 aliphatic heterocycles. The lowest BCUT2D eigenvalue weighted by atomic mass is 10.2. The first-order chi connectivity index (χ1) is 9.83. The van der Waals surface area contributed by atoms with Crippen molar-refractivity contribution in [3.05, 3.63) is 53.2 Å². The number of aromatic nitrogens is 2. The molecule has 3 heterocycles. The third-order valence-electron chi connectivity index (χ3n) is 2.83. The minimum atomic E-state index is -0.208. The Morgan fingerprint density at radius 2 is 2.35 bits per heavy atom. The van der Waals surface area contributed by atoms with Crippen LogP contribution in [0.4, 0.5) is 0 Å². The van der Waals surface area contributed by atoms with Crippen molar-refractivity contribution < 1.29 is 9.21 Å². The molecule has 0 fully saturated rings. The number of rotatable bonds is 5. The molecule has 0 spiro atoms. The average Bonchev–Trinajstić information content (AvgIpc) is 3.20. The summed E-state index contributed by atoms with van der Waals surface area (Å²) < 4.78 is 6.83. The second-order valence-electron chi connectivity index (χ2n) is 4.21. The van der Waals surface area contributed by atoms with Crippen molar-refractivity contribution in [3.63, 3.8) is 0 Å². The molecule has 1 amide bonds. The summed E-state index contributed by atoms with van der Waals surface area (Å²) in [6, 6.07) is 7.33. The maximum Gasteiger partial charge on any atom is 0.287 e. The predicted octanol–water partition coefficient (Wildman–Crippen LogP) is 2.63. The van der Waals surface area contributed by atoms with E-state index >= 15 is 0 Å². The van der Waals surface area contributed by atoms with Gasteiger partial charge in [-0.3, -0.25) is 9.48 Å². The van der Waals surface area contributed by atoms with Gasteiger partial charge < -0.3 is 9.73 Å². The van der Waals surface area contributed by atoms with E-state index in [0.717, 1.165) is 11.3 Å². The van der Waals surface area contributed by atoms with Gasteiger partial charge in [-0.15, -0.1) is 0 Å². The molecule has 0 aliphatic rings. The number of carbonyl (C=O) groups is 1. The molecule has 0 radical (unpaired) electrons. The molecule has 3 aromatic rings. The van der Waals surface area contributed by atoms with Crippen LogP contribution < -0.4 is 5.32 Å². The quantitative estimate of drug-likeness (QED) is 0.784. The summed E-state index contributed by atoms with van der Waals surface area (Å²) in [4.78, 5) is 11.7. The van der Waals surface area contributed by atoms with Crippen LogP contribution in [-0.4, -0.2) is 22.2 Å². The van der Waals surface area contributed by atoms with Gasteiger partial charge in [-0.1, -0.05) is 0 Å². The average molecular weight is 287 g/mol. The molecular weight excluding hydrogens is 274 g/mol. The van der Waals surface area contributed by atoms with Gasteiger partial charge >= 0.3 is 0 Å². The van der Waals surface area contributed by atoms with Crippen LogP contribution in [0.3, 0.4) is 0 Å². The van der Waals surface area contributed by atoms with E-state index in [0.29, 0.717) is 18.8 Å². The molecule has 0 aromatic carbocycles. The summed E-state index contributed by atoms with van der Waals surface area (Å²) >= 11 is 1.65. The van der Waals surface area contributed by atoms with Crippen molar-refractivity contribution in [2.45, 2.75) is 6.54 Å². The molecule has 0 saturated carbocycles. The molecule has 0 atom stereocenters. The van der Waals surface area contributed by atoms with Crippen LogP contribution in [0.2, 0.25) is 0 Å². The summed E-state index contributed by atoms with van der Waals surface area (Å²) in [6.07, 6.45) is 3.39. The van der Waals surface area contributed by atoms with Gasteiger partial charge in [0.05, 0.1) is 18.5 Å². The second kappa shape index (κ2) is 5.75. The van der Waals surface area contributed by atoms with Crippen molar-refractivity contribution in [2.75, 3.05) is 6.54 Å². The summed E-state index contributed by atoms with van der Waals surface area (Å²) in [5.41, 5.74) is 2.07. The molecule has 1 N–H and O–H groups in total. The molecule has 102 valence electrons. The third kappa shape index (κ3) is 2.80. The molecule has 6 heteroatoms. The molecule has 0 bridgehead atoms. The Morgan fingerprint density at radius 3 is 3.10 bits per heavy atom. The van der Waals surface area contributed by atoms with Gasteiger partial charge in [0.1, 0.15) is 0 Å². The van der Waals surface area contributed by atoms with Gasteiger partial charge in [0.25, 0.3) is 5.91 Å². The van der Waals surface area contributed by atoms with E-state index in [1.165, 1.54) is 6.26 Å². The Bertz CT molecular complexity index is 671. The van der Waals surface area contributed by atoms with Gasteiger partial charge in [0.15, 0.2) is 5.76 Å². The number of hydrogen-bond acceptors (Lipinski definition) is 4. The number of nitrogens with zero attached hydrogens (tertiary/aromatic N) is 2. The van der Waals surface area contributed by atoms with E-state index < -0.39 is 0 Å². The maximum atomic E-state index is 11.7. The molecule has 0 unspecified atom stereocenters. The van der Waals surface area contributed by atoms with Crippen LogP contribution in [0, 0.1) is 0 Å². The van der Waals surface area contributed by atoms with Crippen molar-refractivity contribution >= 4 is 17.2 Å². The highest BCUT2D eigenvalue weighted by atomic mass is 32.1. The first kappa shape index (κ1) is 12.7. The van der Waals surface area contributed by atoms with Gasteiger partial charge in [-0.25, -0.2) is 0 Å². The van der Waals surface area contributed by atoms with Crippen LogP contribution in [0.1, 0.15) is 10.6 Å². The smallest absolute Gasteiger partial charge is 0.287 e. The lowest BCUT2D eigenvalue weighted by Crippen LogP contribution is -2.27. The van der Waals surface area contributed by atoms with Crippen molar-refractivity contribution in [1.29, 1.82) is 0 Å². The first-order valence-electron chi connectivity index (χ1n) is 6.20. The third-order valence-corrected chi connectivity index (χ3v) is 3.51. The number of thiophene rings is 1. The number of hydrogen-bond donors (Lipinski definition) is 1. The number of amides is 1. The summed E-state index contributed by atoms with van der Waals surface area (Å²) in [5.74, 6) is 0.115. The van der Waals surface area contributed by atoms with Crippen LogP contribution >= 0.6 is 11.3 Å². The lowest BCUT2D eigenvalue weighted by molar-refractivity contribution is 0.0924. The van der Waals surface area contributed by atoms with E-state index in [4.69, 9.17) is 4.42 Å². The lowest BCUT2D eigenvalue weighted by Gasteiger charge is -2.03. The Kier molecular flexibility index (Phi) is 3.64. The van der Waals surface area contributed by atoms with E-state index in [2.05, 4.69) is 15.8 Å². The minimum Gasteiger partial charge on any atom is -0.459 e.